The van der Waals surface area contributed by atoms with Crippen LogP contribution in [0.3, 0.4) is 0 Å². The average Bonchev–Trinajstić information content (AvgIpc) is 3.04. The number of H-pyrrole nitrogens is 1. The van der Waals surface area contributed by atoms with E-state index in [-0.39, 0.29) is 5.92 Å². The third-order valence-electron chi connectivity index (χ3n) is 4.18. The number of aliphatic hydroxyl groups is 1. The van der Waals surface area contributed by atoms with Crippen LogP contribution in [0.2, 0.25) is 10.0 Å². The van der Waals surface area contributed by atoms with Crippen LogP contribution in [0.1, 0.15) is 49.4 Å². The highest BCUT2D eigenvalue weighted by Crippen LogP contribution is 2.36. The highest BCUT2D eigenvalue weighted by molar-refractivity contribution is 7.99. The molecule has 0 bridgehead atoms. The zero-order chi connectivity index (χ0) is 19.4. The Morgan fingerprint density at radius 1 is 1.07 bits per heavy atom. The minimum atomic E-state index is -0.639. The second kappa shape index (κ2) is 9.16. The Kier molecular flexibility index (Phi) is 6.88. The minimum Gasteiger partial charge on any atom is -0.385 e. The summed E-state index contributed by atoms with van der Waals surface area (Å²) in [6, 6.07) is 15.6. The molecule has 3 nitrogen and oxygen atoms in total. The first-order valence-corrected chi connectivity index (χ1v) is 10.5. The van der Waals surface area contributed by atoms with Gasteiger partial charge in [0.05, 0.1) is 5.69 Å². The van der Waals surface area contributed by atoms with E-state index in [9.17, 15) is 5.11 Å². The number of benzene rings is 2. The Balaban J connectivity index is 1.77. The summed E-state index contributed by atoms with van der Waals surface area (Å²) >= 11 is 13.7. The number of nitrogens with one attached hydrogen (secondary N) is 1. The van der Waals surface area contributed by atoms with Crippen LogP contribution >= 0.6 is 35.0 Å². The Bertz CT molecular complexity index is 876. The van der Waals surface area contributed by atoms with Gasteiger partial charge >= 0.3 is 0 Å². The maximum Gasteiger partial charge on any atom is 0.136 e. The van der Waals surface area contributed by atoms with E-state index >= 15 is 0 Å². The van der Waals surface area contributed by atoms with Gasteiger partial charge in [-0.2, -0.15) is 0 Å². The number of aromatic nitrogens is 2. The topological polar surface area (TPSA) is 48.9 Å². The van der Waals surface area contributed by atoms with Gasteiger partial charge in [0.15, 0.2) is 0 Å². The highest BCUT2D eigenvalue weighted by Gasteiger charge is 2.19. The predicted molar refractivity (Wildman–Crippen MR) is 113 cm³/mol. The summed E-state index contributed by atoms with van der Waals surface area (Å²) in [6.45, 7) is 4.18. The Morgan fingerprint density at radius 3 is 2.37 bits per heavy atom. The van der Waals surface area contributed by atoms with E-state index in [1.54, 1.807) is 6.07 Å². The van der Waals surface area contributed by atoms with Gasteiger partial charge in [-0.15, -0.1) is 0 Å². The molecule has 142 valence electrons. The van der Waals surface area contributed by atoms with Crippen LogP contribution in [0.5, 0.6) is 0 Å². The van der Waals surface area contributed by atoms with Gasteiger partial charge in [-0.3, -0.25) is 0 Å². The minimum absolute atomic E-state index is 0.230. The lowest BCUT2D eigenvalue weighted by atomic mass is 10.1. The quantitative estimate of drug-likeness (QED) is 0.449. The fourth-order valence-electron chi connectivity index (χ4n) is 2.81. The molecule has 0 aliphatic carbocycles. The summed E-state index contributed by atoms with van der Waals surface area (Å²) in [6.07, 6.45) is 0.772. The molecule has 0 aliphatic rings. The van der Waals surface area contributed by atoms with Crippen LogP contribution in [0, 0.1) is 0 Å². The van der Waals surface area contributed by atoms with Crippen molar-refractivity contribution in [1.29, 1.82) is 0 Å². The molecule has 27 heavy (non-hydrogen) atoms. The van der Waals surface area contributed by atoms with Gasteiger partial charge in [0.1, 0.15) is 17.0 Å². The molecule has 0 fully saturated rings. The third-order valence-corrected chi connectivity index (χ3v) is 5.61. The molecule has 3 rings (SSSR count). The van der Waals surface area contributed by atoms with Gasteiger partial charge in [-0.25, -0.2) is 4.98 Å². The van der Waals surface area contributed by atoms with Crippen LogP contribution in [0.15, 0.2) is 58.5 Å². The lowest BCUT2D eigenvalue weighted by Crippen LogP contribution is -2.02. The molecule has 0 spiro atoms. The normalized spacial score (nSPS) is 12.5. The summed E-state index contributed by atoms with van der Waals surface area (Å²) in [5.41, 5.74) is 2.14. The second-order valence-corrected chi connectivity index (χ2v) is 8.70. The van der Waals surface area contributed by atoms with Crippen LogP contribution in [0.4, 0.5) is 0 Å². The Hall–Kier alpha value is -1.46. The molecule has 1 aromatic heterocycles. The first kappa shape index (κ1) is 20.3. The SMILES string of the molecule is CC(C)c1nc(C(O)CCc2ccccc2)[nH]c1Sc1cc(Cl)cc(Cl)c1. The van der Waals surface area contributed by atoms with Crippen molar-refractivity contribution in [3.63, 3.8) is 0 Å². The van der Waals surface area contributed by atoms with Gasteiger partial charge in [0.25, 0.3) is 0 Å². The lowest BCUT2D eigenvalue weighted by molar-refractivity contribution is 0.158. The van der Waals surface area contributed by atoms with E-state index in [0.29, 0.717) is 22.3 Å². The van der Waals surface area contributed by atoms with Crippen LogP contribution in [-0.2, 0) is 6.42 Å². The fourth-order valence-corrected chi connectivity index (χ4v) is 4.61. The summed E-state index contributed by atoms with van der Waals surface area (Å²) in [4.78, 5) is 8.91. The zero-order valence-corrected chi connectivity index (χ0v) is 17.6. The molecule has 0 amide bonds. The van der Waals surface area contributed by atoms with Crippen molar-refractivity contribution < 1.29 is 5.11 Å². The average molecular weight is 421 g/mol. The van der Waals surface area contributed by atoms with Crippen molar-refractivity contribution in [3.8, 4) is 0 Å². The molecule has 0 aliphatic heterocycles. The number of aryl methyl sites for hydroxylation is 1. The molecule has 2 aromatic carbocycles. The molecule has 0 radical (unpaired) electrons. The summed E-state index contributed by atoms with van der Waals surface area (Å²) in [5.74, 6) is 0.832. The summed E-state index contributed by atoms with van der Waals surface area (Å²) in [7, 11) is 0. The number of imidazole rings is 1. The predicted octanol–water partition coefficient (Wildman–Crippen LogP) is 6.66. The number of rotatable bonds is 7. The van der Waals surface area contributed by atoms with Crippen molar-refractivity contribution in [2.45, 2.75) is 48.6 Å². The number of halogens is 2. The van der Waals surface area contributed by atoms with E-state index in [1.807, 2.05) is 30.3 Å². The molecule has 0 saturated carbocycles. The maximum absolute atomic E-state index is 10.6. The number of hydrogen-bond acceptors (Lipinski definition) is 3. The lowest BCUT2D eigenvalue weighted by Gasteiger charge is -2.07. The van der Waals surface area contributed by atoms with Gasteiger partial charge in [-0.05, 0) is 42.5 Å². The molecule has 3 aromatic rings. The van der Waals surface area contributed by atoms with Crippen molar-refractivity contribution >= 4 is 35.0 Å². The van der Waals surface area contributed by atoms with Gasteiger partial charge < -0.3 is 10.1 Å². The van der Waals surface area contributed by atoms with E-state index in [1.165, 1.54) is 17.3 Å². The molecule has 6 heteroatoms. The second-order valence-electron chi connectivity index (χ2n) is 6.74. The first-order valence-electron chi connectivity index (χ1n) is 8.88. The molecular weight excluding hydrogens is 399 g/mol. The fraction of sp³-hybridized carbons (Fsp3) is 0.286. The molecule has 1 unspecified atom stereocenters. The largest absolute Gasteiger partial charge is 0.385 e. The summed E-state index contributed by atoms with van der Waals surface area (Å²) in [5, 5.41) is 12.7. The van der Waals surface area contributed by atoms with Crippen LogP contribution < -0.4 is 0 Å². The van der Waals surface area contributed by atoms with E-state index in [2.05, 4.69) is 35.9 Å². The monoisotopic (exact) mass is 420 g/mol. The maximum atomic E-state index is 10.6. The van der Waals surface area contributed by atoms with Crippen molar-refractivity contribution in [3.05, 3.63) is 75.7 Å². The first-order chi connectivity index (χ1) is 12.9. The van der Waals surface area contributed by atoms with E-state index in [0.717, 1.165) is 22.0 Å². The number of nitrogens with zero attached hydrogens (tertiary/aromatic N) is 1. The van der Waals surface area contributed by atoms with Crippen molar-refractivity contribution in [1.82, 2.24) is 9.97 Å². The van der Waals surface area contributed by atoms with Gasteiger partial charge in [0.2, 0.25) is 0 Å². The molecular formula is C21H22Cl2N2OS. The molecule has 0 saturated heterocycles. The Labute approximate surface area is 174 Å². The van der Waals surface area contributed by atoms with Crippen molar-refractivity contribution in [2.24, 2.45) is 0 Å². The molecule has 1 heterocycles. The smallest absolute Gasteiger partial charge is 0.136 e. The molecule has 1 atom stereocenters. The number of aromatic amines is 1. The van der Waals surface area contributed by atoms with Crippen LogP contribution in [0.25, 0.3) is 0 Å². The van der Waals surface area contributed by atoms with E-state index < -0.39 is 6.10 Å². The standard InChI is InChI=1S/C21H22Cl2N2OS/c1-13(2)19-21(27-17-11-15(22)10-16(23)12-17)25-20(24-19)18(26)9-8-14-6-4-3-5-7-14/h3-7,10-13,18,26H,8-9H2,1-2H3,(H,24,25). The van der Waals surface area contributed by atoms with Gasteiger partial charge in [0, 0.05) is 14.9 Å². The molecule has 2 N–H and O–H groups in total. The number of aliphatic hydroxyl groups excluding tert-OH is 1. The van der Waals surface area contributed by atoms with Crippen LogP contribution in [-0.4, -0.2) is 15.1 Å². The van der Waals surface area contributed by atoms with Crippen molar-refractivity contribution in [2.75, 3.05) is 0 Å². The van der Waals surface area contributed by atoms with E-state index in [4.69, 9.17) is 23.2 Å². The number of hydrogen-bond donors (Lipinski definition) is 2. The summed E-state index contributed by atoms with van der Waals surface area (Å²) < 4.78 is 0. The third kappa shape index (κ3) is 5.52. The Morgan fingerprint density at radius 2 is 1.74 bits per heavy atom. The highest BCUT2D eigenvalue weighted by atomic mass is 35.5. The van der Waals surface area contributed by atoms with Gasteiger partial charge in [-0.1, -0.05) is 79.1 Å². The zero-order valence-electron chi connectivity index (χ0n) is 15.2.